The standard InChI is InChI=1S/C15H12F2N2O3S/c1-10-7-13(17)14(8-12(10)16)23(21,22)19-15(20)5-4-11-3-2-6-18-9-11/h2-9H,1H3,(H,19,20). The van der Waals surface area contributed by atoms with Gasteiger partial charge in [0.2, 0.25) is 0 Å². The van der Waals surface area contributed by atoms with Crippen molar-refractivity contribution in [1.29, 1.82) is 0 Å². The third-order valence-electron chi connectivity index (χ3n) is 2.85. The summed E-state index contributed by atoms with van der Waals surface area (Å²) in [5.41, 5.74) is 0.539. The molecular formula is C15H12F2N2O3S. The fourth-order valence-corrected chi connectivity index (χ4v) is 2.72. The molecule has 0 bridgehead atoms. The zero-order chi connectivity index (χ0) is 17.0. The van der Waals surface area contributed by atoms with Crippen molar-refractivity contribution < 1.29 is 22.0 Å². The normalized spacial score (nSPS) is 11.6. The second-order valence-electron chi connectivity index (χ2n) is 4.62. The Morgan fingerprint density at radius 3 is 2.65 bits per heavy atom. The fourth-order valence-electron chi connectivity index (χ4n) is 1.70. The molecule has 1 aromatic carbocycles. The van der Waals surface area contributed by atoms with Crippen molar-refractivity contribution in [2.75, 3.05) is 0 Å². The molecule has 0 unspecified atom stereocenters. The number of pyridine rings is 1. The number of sulfonamides is 1. The number of aromatic nitrogens is 1. The highest BCUT2D eigenvalue weighted by Gasteiger charge is 2.22. The second kappa shape index (κ2) is 6.66. The minimum atomic E-state index is -4.52. The van der Waals surface area contributed by atoms with Gasteiger partial charge in [-0.3, -0.25) is 9.78 Å². The van der Waals surface area contributed by atoms with Gasteiger partial charge in [0, 0.05) is 18.5 Å². The molecule has 0 aliphatic heterocycles. The second-order valence-corrected chi connectivity index (χ2v) is 6.27. The van der Waals surface area contributed by atoms with Crippen molar-refractivity contribution in [2.24, 2.45) is 0 Å². The van der Waals surface area contributed by atoms with Crippen molar-refractivity contribution in [3.63, 3.8) is 0 Å². The number of benzene rings is 1. The molecule has 5 nitrogen and oxygen atoms in total. The number of aryl methyl sites for hydroxylation is 1. The summed E-state index contributed by atoms with van der Waals surface area (Å²) in [4.78, 5) is 14.5. The van der Waals surface area contributed by atoms with E-state index in [9.17, 15) is 22.0 Å². The van der Waals surface area contributed by atoms with E-state index in [1.165, 1.54) is 25.4 Å². The van der Waals surface area contributed by atoms with E-state index in [-0.39, 0.29) is 5.56 Å². The molecule has 0 atom stereocenters. The minimum Gasteiger partial charge on any atom is -0.269 e. The molecular weight excluding hydrogens is 326 g/mol. The van der Waals surface area contributed by atoms with Gasteiger partial charge in [0.1, 0.15) is 16.5 Å². The number of nitrogens with zero attached hydrogens (tertiary/aromatic N) is 1. The lowest BCUT2D eigenvalue weighted by Crippen LogP contribution is -2.29. The molecule has 0 aliphatic rings. The van der Waals surface area contributed by atoms with Gasteiger partial charge >= 0.3 is 0 Å². The van der Waals surface area contributed by atoms with E-state index < -0.39 is 32.5 Å². The van der Waals surface area contributed by atoms with E-state index >= 15 is 0 Å². The topological polar surface area (TPSA) is 76.1 Å². The maximum absolute atomic E-state index is 13.7. The van der Waals surface area contributed by atoms with Crippen LogP contribution in [-0.4, -0.2) is 19.3 Å². The number of halogens is 2. The molecule has 1 aromatic heterocycles. The largest absolute Gasteiger partial charge is 0.269 e. The third-order valence-corrected chi connectivity index (χ3v) is 4.21. The fraction of sp³-hybridized carbons (Fsp3) is 0.0667. The molecule has 0 fully saturated rings. The van der Waals surface area contributed by atoms with Crippen LogP contribution in [0.15, 0.2) is 47.6 Å². The summed E-state index contributed by atoms with van der Waals surface area (Å²) in [5, 5.41) is 0. The summed E-state index contributed by atoms with van der Waals surface area (Å²) >= 11 is 0. The van der Waals surface area contributed by atoms with E-state index in [4.69, 9.17) is 0 Å². The lowest BCUT2D eigenvalue weighted by Gasteiger charge is -2.07. The number of nitrogens with one attached hydrogen (secondary N) is 1. The Morgan fingerprint density at radius 1 is 1.26 bits per heavy atom. The Kier molecular flexibility index (Phi) is 4.85. The van der Waals surface area contributed by atoms with E-state index in [0.29, 0.717) is 11.6 Å². The molecule has 1 amide bonds. The van der Waals surface area contributed by atoms with Crippen LogP contribution in [0.4, 0.5) is 8.78 Å². The van der Waals surface area contributed by atoms with Crippen LogP contribution in [-0.2, 0) is 14.8 Å². The van der Waals surface area contributed by atoms with Crippen LogP contribution in [0.1, 0.15) is 11.1 Å². The molecule has 0 spiro atoms. The van der Waals surface area contributed by atoms with Crippen molar-refractivity contribution in [1.82, 2.24) is 9.71 Å². The summed E-state index contributed by atoms with van der Waals surface area (Å²) < 4.78 is 52.7. The van der Waals surface area contributed by atoms with E-state index in [1.807, 2.05) is 0 Å². The average Bonchev–Trinajstić information content (AvgIpc) is 2.49. The summed E-state index contributed by atoms with van der Waals surface area (Å²) in [6.45, 7) is 1.30. The van der Waals surface area contributed by atoms with Gasteiger partial charge in [-0.1, -0.05) is 6.07 Å². The van der Waals surface area contributed by atoms with Crippen LogP contribution < -0.4 is 4.72 Å². The maximum atomic E-state index is 13.7. The van der Waals surface area contributed by atoms with Gasteiger partial charge in [-0.15, -0.1) is 0 Å². The first-order valence-electron chi connectivity index (χ1n) is 6.40. The molecule has 120 valence electrons. The molecule has 0 saturated carbocycles. The number of hydrogen-bond donors (Lipinski definition) is 1. The van der Waals surface area contributed by atoms with Gasteiger partial charge in [-0.25, -0.2) is 21.9 Å². The van der Waals surface area contributed by atoms with E-state index in [1.54, 1.807) is 16.9 Å². The smallest absolute Gasteiger partial charge is 0.267 e. The first kappa shape index (κ1) is 16.8. The highest BCUT2D eigenvalue weighted by molar-refractivity contribution is 7.90. The Balaban J connectivity index is 2.20. The number of rotatable bonds is 4. The van der Waals surface area contributed by atoms with Gasteiger partial charge in [-0.2, -0.15) is 0 Å². The molecule has 8 heteroatoms. The first-order valence-corrected chi connectivity index (χ1v) is 7.88. The molecule has 0 aliphatic carbocycles. The van der Waals surface area contributed by atoms with Crippen molar-refractivity contribution in [2.45, 2.75) is 11.8 Å². The zero-order valence-corrected chi connectivity index (χ0v) is 12.8. The molecule has 0 saturated heterocycles. The van der Waals surface area contributed by atoms with Crippen LogP contribution in [0.2, 0.25) is 0 Å². The lowest BCUT2D eigenvalue weighted by molar-refractivity contribution is -0.114. The van der Waals surface area contributed by atoms with Gasteiger partial charge in [0.05, 0.1) is 0 Å². The Hall–Kier alpha value is -2.61. The predicted octanol–water partition coefficient (Wildman–Crippen LogP) is 2.19. The number of carbonyl (C=O) groups excluding carboxylic acids is 1. The monoisotopic (exact) mass is 338 g/mol. The number of hydrogen-bond acceptors (Lipinski definition) is 4. The summed E-state index contributed by atoms with van der Waals surface area (Å²) in [6, 6.07) is 4.57. The number of amides is 1. The van der Waals surface area contributed by atoms with Crippen molar-refractivity contribution >= 4 is 22.0 Å². The van der Waals surface area contributed by atoms with Gasteiger partial charge in [0.25, 0.3) is 15.9 Å². The molecule has 2 rings (SSSR count). The first-order chi connectivity index (χ1) is 10.8. The SMILES string of the molecule is Cc1cc(F)c(S(=O)(=O)NC(=O)C=Cc2cccnc2)cc1F. The Labute approximate surface area is 131 Å². The predicted molar refractivity (Wildman–Crippen MR) is 79.7 cm³/mol. The van der Waals surface area contributed by atoms with Crippen LogP contribution >= 0.6 is 0 Å². The molecule has 1 N–H and O–H groups in total. The lowest BCUT2D eigenvalue weighted by atomic mass is 10.2. The maximum Gasteiger partial charge on any atom is 0.267 e. The van der Waals surface area contributed by atoms with Crippen molar-refractivity contribution in [3.8, 4) is 0 Å². The highest BCUT2D eigenvalue weighted by atomic mass is 32.2. The van der Waals surface area contributed by atoms with Crippen LogP contribution in [0.3, 0.4) is 0 Å². The Morgan fingerprint density at radius 2 is 2.00 bits per heavy atom. The van der Waals surface area contributed by atoms with Crippen molar-refractivity contribution in [3.05, 3.63) is 65.5 Å². The summed E-state index contributed by atoms with van der Waals surface area (Å²) in [6.07, 6.45) is 5.30. The molecule has 1 heterocycles. The van der Waals surface area contributed by atoms with E-state index in [2.05, 4.69) is 4.98 Å². The van der Waals surface area contributed by atoms with Gasteiger partial charge in [-0.05, 0) is 42.3 Å². The van der Waals surface area contributed by atoms with Crippen LogP contribution in [0, 0.1) is 18.6 Å². The van der Waals surface area contributed by atoms with Gasteiger partial charge in [0.15, 0.2) is 0 Å². The van der Waals surface area contributed by atoms with Gasteiger partial charge < -0.3 is 0 Å². The van der Waals surface area contributed by atoms with E-state index in [0.717, 1.165) is 12.1 Å². The van der Waals surface area contributed by atoms with Crippen LogP contribution in [0.25, 0.3) is 6.08 Å². The third kappa shape index (κ3) is 4.19. The Bertz CT molecular complexity index is 866. The highest BCUT2D eigenvalue weighted by Crippen LogP contribution is 2.18. The quantitative estimate of drug-likeness (QED) is 0.867. The molecule has 23 heavy (non-hydrogen) atoms. The molecule has 0 radical (unpaired) electrons. The summed E-state index contributed by atoms with van der Waals surface area (Å²) in [7, 11) is -4.52. The summed E-state index contributed by atoms with van der Waals surface area (Å²) in [5.74, 6) is -3.01. The zero-order valence-electron chi connectivity index (χ0n) is 12.0. The number of carbonyl (C=O) groups is 1. The van der Waals surface area contributed by atoms with Crippen LogP contribution in [0.5, 0.6) is 0 Å². The molecule has 2 aromatic rings. The average molecular weight is 338 g/mol. The minimum absolute atomic E-state index is 0.0377.